The van der Waals surface area contributed by atoms with Gasteiger partial charge in [-0.15, -0.1) is 0 Å². The van der Waals surface area contributed by atoms with Crippen molar-refractivity contribution in [2.75, 3.05) is 11.9 Å². The summed E-state index contributed by atoms with van der Waals surface area (Å²) in [4.78, 5) is 32.3. The Morgan fingerprint density at radius 3 is 2.45 bits per heavy atom. The van der Waals surface area contributed by atoms with E-state index in [0.29, 0.717) is 36.2 Å². The first-order valence-electron chi connectivity index (χ1n) is 10.9. The number of alkyl halides is 3. The highest BCUT2D eigenvalue weighted by Crippen LogP contribution is 2.35. The summed E-state index contributed by atoms with van der Waals surface area (Å²) < 4.78 is 41.7. The molecular formula is C24H27F3N4O2. The minimum Gasteiger partial charge on any atom is -0.315 e. The highest BCUT2D eigenvalue weighted by atomic mass is 19.4. The van der Waals surface area contributed by atoms with Crippen molar-refractivity contribution in [3.8, 4) is 0 Å². The molecule has 1 heterocycles. The van der Waals surface area contributed by atoms with Gasteiger partial charge in [-0.1, -0.05) is 37.6 Å². The molecule has 2 amide bonds. The molecule has 1 unspecified atom stereocenters. The predicted octanol–water partition coefficient (Wildman–Crippen LogP) is 5.83. The summed E-state index contributed by atoms with van der Waals surface area (Å²) in [5.74, 6) is 0.386. The van der Waals surface area contributed by atoms with Crippen LogP contribution in [0.25, 0.3) is 10.9 Å². The normalized spacial score (nSPS) is 12.5. The van der Waals surface area contributed by atoms with Crippen molar-refractivity contribution in [2.24, 2.45) is 0 Å². The van der Waals surface area contributed by atoms with Gasteiger partial charge >= 0.3 is 12.2 Å². The number of fused-ring (bicyclic) bond motifs is 1. The van der Waals surface area contributed by atoms with Gasteiger partial charge in [-0.05, 0) is 44.5 Å². The molecule has 0 aliphatic carbocycles. The predicted molar refractivity (Wildman–Crippen MR) is 122 cm³/mol. The number of anilines is 1. The maximum atomic E-state index is 13.4. The fourth-order valence-corrected chi connectivity index (χ4v) is 3.77. The Morgan fingerprint density at radius 2 is 1.79 bits per heavy atom. The van der Waals surface area contributed by atoms with Gasteiger partial charge in [0.25, 0.3) is 5.56 Å². The zero-order chi connectivity index (χ0) is 24.2. The van der Waals surface area contributed by atoms with E-state index in [4.69, 9.17) is 0 Å². The number of unbranched alkanes of at least 4 members (excludes halogenated alkanes) is 1. The van der Waals surface area contributed by atoms with Crippen LogP contribution >= 0.6 is 0 Å². The van der Waals surface area contributed by atoms with Crippen molar-refractivity contribution in [1.29, 1.82) is 0 Å². The molecule has 1 N–H and O–H groups in total. The van der Waals surface area contributed by atoms with Crippen LogP contribution in [0.2, 0.25) is 0 Å². The largest absolute Gasteiger partial charge is 0.418 e. The van der Waals surface area contributed by atoms with E-state index in [0.717, 1.165) is 12.5 Å². The van der Waals surface area contributed by atoms with Gasteiger partial charge in [-0.2, -0.15) is 13.2 Å². The Bertz CT molecular complexity index is 1190. The van der Waals surface area contributed by atoms with Crippen molar-refractivity contribution in [3.05, 3.63) is 70.3 Å². The van der Waals surface area contributed by atoms with E-state index in [9.17, 15) is 22.8 Å². The summed E-state index contributed by atoms with van der Waals surface area (Å²) in [5.41, 5.74) is -0.950. The third-order valence-corrected chi connectivity index (χ3v) is 5.54. The van der Waals surface area contributed by atoms with Crippen molar-refractivity contribution in [3.63, 3.8) is 0 Å². The van der Waals surface area contributed by atoms with Gasteiger partial charge in [-0.25, -0.2) is 9.78 Å². The van der Waals surface area contributed by atoms with Crippen LogP contribution in [0, 0.1) is 0 Å². The van der Waals surface area contributed by atoms with E-state index in [-0.39, 0.29) is 11.2 Å². The molecule has 0 aliphatic heterocycles. The molecule has 0 fully saturated rings. The van der Waals surface area contributed by atoms with Crippen LogP contribution < -0.4 is 10.9 Å². The molecule has 3 rings (SSSR count). The first-order valence-corrected chi connectivity index (χ1v) is 10.9. The van der Waals surface area contributed by atoms with Crippen molar-refractivity contribution in [2.45, 2.75) is 52.4 Å². The number of nitrogens with one attached hydrogen (secondary N) is 1. The molecule has 33 heavy (non-hydrogen) atoms. The lowest BCUT2D eigenvalue weighted by molar-refractivity contribution is -0.136. The van der Waals surface area contributed by atoms with Gasteiger partial charge in [0.1, 0.15) is 5.82 Å². The van der Waals surface area contributed by atoms with Crippen LogP contribution in [0.15, 0.2) is 53.3 Å². The minimum atomic E-state index is -4.60. The number of hydrogen-bond donors (Lipinski definition) is 1. The number of benzene rings is 2. The quantitative estimate of drug-likeness (QED) is 0.482. The second-order valence-corrected chi connectivity index (χ2v) is 7.73. The molecule has 6 nitrogen and oxygen atoms in total. The highest BCUT2D eigenvalue weighted by molar-refractivity contribution is 5.90. The minimum absolute atomic E-state index is 0.219. The van der Waals surface area contributed by atoms with Crippen LogP contribution in [-0.2, 0) is 12.7 Å². The van der Waals surface area contributed by atoms with Crippen LogP contribution in [0.4, 0.5) is 23.7 Å². The number of nitrogens with zero attached hydrogens (tertiary/aromatic N) is 3. The molecule has 0 saturated carbocycles. The van der Waals surface area contributed by atoms with Gasteiger partial charge in [0.2, 0.25) is 0 Å². The van der Waals surface area contributed by atoms with E-state index < -0.39 is 23.8 Å². The number of para-hydroxylation sites is 2. The molecule has 2 aromatic carbocycles. The van der Waals surface area contributed by atoms with Crippen LogP contribution in [-0.4, -0.2) is 27.0 Å². The first-order chi connectivity index (χ1) is 15.7. The third-order valence-electron chi connectivity index (χ3n) is 5.54. The van der Waals surface area contributed by atoms with Gasteiger partial charge in [0.15, 0.2) is 0 Å². The Labute approximate surface area is 190 Å². The summed E-state index contributed by atoms with van der Waals surface area (Å²) >= 11 is 0. The molecule has 9 heteroatoms. The second-order valence-electron chi connectivity index (χ2n) is 7.73. The zero-order valence-electron chi connectivity index (χ0n) is 18.8. The van der Waals surface area contributed by atoms with E-state index in [2.05, 4.69) is 10.3 Å². The lowest BCUT2D eigenvalue weighted by atomic mass is 10.1. The number of hydrogen-bond acceptors (Lipinski definition) is 3. The maximum absolute atomic E-state index is 13.4. The van der Waals surface area contributed by atoms with E-state index >= 15 is 0 Å². The van der Waals surface area contributed by atoms with Gasteiger partial charge in [0, 0.05) is 13.1 Å². The standard InChI is InChI=1S/C24H27F3N4O2/c1-4-6-15-31(23(33)29-20-14-10-8-12-18(20)24(25,26)27)16(3)21-28-19-13-9-7-11-17(19)22(32)30(21)5-2/h7-14,16H,4-6,15H2,1-3H3,(H,29,33). The Hall–Kier alpha value is -3.36. The number of amides is 2. The SMILES string of the molecule is CCCCN(C(=O)Nc1ccccc1C(F)(F)F)C(C)c1nc2ccccc2c(=O)n1CC. The smallest absolute Gasteiger partial charge is 0.315 e. The second kappa shape index (κ2) is 10.1. The summed E-state index contributed by atoms with van der Waals surface area (Å²) in [6.45, 7) is 6.13. The molecule has 0 aliphatic rings. The molecule has 1 aromatic heterocycles. The summed E-state index contributed by atoms with van der Waals surface area (Å²) in [5, 5.41) is 2.89. The fourth-order valence-electron chi connectivity index (χ4n) is 3.77. The monoisotopic (exact) mass is 460 g/mol. The Morgan fingerprint density at radius 1 is 1.12 bits per heavy atom. The van der Waals surface area contributed by atoms with Crippen molar-refractivity contribution in [1.82, 2.24) is 14.5 Å². The van der Waals surface area contributed by atoms with E-state index in [1.165, 1.54) is 27.7 Å². The third kappa shape index (κ3) is 5.18. The highest BCUT2D eigenvalue weighted by Gasteiger charge is 2.34. The fraction of sp³-hybridized carbons (Fsp3) is 0.375. The van der Waals surface area contributed by atoms with Crippen LogP contribution in [0.3, 0.4) is 0 Å². The average molecular weight is 461 g/mol. The number of carbonyl (C=O) groups is 1. The topological polar surface area (TPSA) is 67.2 Å². The maximum Gasteiger partial charge on any atom is 0.418 e. The lowest BCUT2D eigenvalue weighted by Crippen LogP contribution is -2.41. The van der Waals surface area contributed by atoms with Gasteiger partial charge < -0.3 is 10.2 Å². The molecule has 3 aromatic rings. The van der Waals surface area contributed by atoms with Crippen molar-refractivity contribution >= 4 is 22.6 Å². The number of carbonyl (C=O) groups excluding carboxylic acids is 1. The summed E-state index contributed by atoms with van der Waals surface area (Å²) in [6, 6.07) is 10.5. The van der Waals surface area contributed by atoms with E-state index in [1.54, 1.807) is 31.2 Å². The molecule has 0 saturated heterocycles. The van der Waals surface area contributed by atoms with Gasteiger partial charge in [0.05, 0.1) is 28.2 Å². The number of aromatic nitrogens is 2. The molecule has 0 bridgehead atoms. The summed E-state index contributed by atoms with van der Waals surface area (Å²) in [6.07, 6.45) is -3.18. The number of halogens is 3. The zero-order valence-corrected chi connectivity index (χ0v) is 18.8. The van der Waals surface area contributed by atoms with E-state index in [1.807, 2.05) is 13.8 Å². The Kier molecular flexibility index (Phi) is 7.40. The number of rotatable bonds is 7. The van der Waals surface area contributed by atoms with Crippen molar-refractivity contribution < 1.29 is 18.0 Å². The van der Waals surface area contributed by atoms with Crippen LogP contribution in [0.5, 0.6) is 0 Å². The molecule has 0 spiro atoms. The summed E-state index contributed by atoms with van der Waals surface area (Å²) in [7, 11) is 0. The molecule has 0 radical (unpaired) electrons. The molecular weight excluding hydrogens is 433 g/mol. The average Bonchev–Trinajstić information content (AvgIpc) is 2.78. The van der Waals surface area contributed by atoms with Crippen LogP contribution in [0.1, 0.15) is 51.0 Å². The number of urea groups is 1. The van der Waals surface area contributed by atoms with Gasteiger partial charge in [-0.3, -0.25) is 9.36 Å². The lowest BCUT2D eigenvalue weighted by Gasteiger charge is -2.31. The Balaban J connectivity index is 2.02. The first kappa shape index (κ1) is 24.3. The molecule has 176 valence electrons. The molecule has 1 atom stereocenters.